The molecule has 5 heteroatoms. The Hall–Kier alpha value is 1.85. The van der Waals surface area contributed by atoms with Crippen molar-refractivity contribution >= 4 is 49.6 Å². The average Bonchev–Trinajstić information content (AvgIpc) is 0. The Labute approximate surface area is 70.4 Å². The van der Waals surface area contributed by atoms with Crippen LogP contribution in [0.5, 0.6) is 0 Å². The molecule has 5 heavy (non-hydrogen) atoms. The largest absolute Gasteiger partial charge is 2.00 e. The van der Waals surface area contributed by atoms with E-state index in [9.17, 15) is 0 Å². The van der Waals surface area contributed by atoms with Gasteiger partial charge in [0.05, 0.1) is 0 Å². The molecule has 0 saturated carbocycles. The SMILES string of the molecule is Cl.Cl.Cl.Cl.[Pt+2]. The molecule has 0 fully saturated rings. The van der Waals surface area contributed by atoms with Crippen molar-refractivity contribution < 1.29 is 21.1 Å². The molecule has 0 radical (unpaired) electrons. The topological polar surface area (TPSA) is 0 Å². The molecule has 0 bridgehead atoms. The van der Waals surface area contributed by atoms with Crippen LogP contribution in [0.25, 0.3) is 0 Å². The van der Waals surface area contributed by atoms with Crippen LogP contribution in [-0.2, 0) is 21.1 Å². The standard InChI is InChI=1S/4ClH.Pt/h4*1H;/q;;;;+2. The van der Waals surface area contributed by atoms with E-state index in [1.807, 2.05) is 0 Å². The van der Waals surface area contributed by atoms with Gasteiger partial charge in [-0.1, -0.05) is 0 Å². The molecule has 0 atom stereocenters. The molecule has 0 spiro atoms. The van der Waals surface area contributed by atoms with Crippen LogP contribution in [0.1, 0.15) is 0 Å². The zero-order valence-corrected chi connectivity index (χ0v) is 7.49. The number of hydrogen-bond donors (Lipinski definition) is 0. The Morgan fingerprint density at radius 1 is 0.400 bits per heavy atom. The summed E-state index contributed by atoms with van der Waals surface area (Å²) in [5.41, 5.74) is 0. The van der Waals surface area contributed by atoms with Crippen LogP contribution in [-0.4, -0.2) is 0 Å². The smallest absolute Gasteiger partial charge is 0.147 e. The Morgan fingerprint density at radius 3 is 0.400 bits per heavy atom. The molecule has 0 heterocycles. The zero-order chi connectivity index (χ0) is 0. The molecule has 40 valence electrons. The van der Waals surface area contributed by atoms with Gasteiger partial charge in [-0.25, -0.2) is 0 Å². The fraction of sp³-hybridized carbons (Fsp3) is 0. The van der Waals surface area contributed by atoms with Crippen molar-refractivity contribution in [3.8, 4) is 0 Å². The monoisotopic (exact) mass is 339 g/mol. The number of rotatable bonds is 0. The van der Waals surface area contributed by atoms with Gasteiger partial charge in [0, 0.05) is 0 Å². The van der Waals surface area contributed by atoms with Gasteiger partial charge in [-0.2, -0.15) is 0 Å². The molecule has 0 aromatic carbocycles. The van der Waals surface area contributed by atoms with Crippen molar-refractivity contribution in [1.29, 1.82) is 0 Å². The second-order valence-corrected chi connectivity index (χ2v) is 0. The molecule has 0 N–H and O–H groups in total. The predicted molar refractivity (Wildman–Crippen MR) is 29.0 cm³/mol. The maximum absolute atomic E-state index is 0. The normalized spacial score (nSPS) is 0. The molecular formula is H4Cl4Pt+2. The van der Waals surface area contributed by atoms with Crippen molar-refractivity contribution in [3.63, 3.8) is 0 Å². The van der Waals surface area contributed by atoms with Gasteiger partial charge in [-0.15, -0.1) is 49.6 Å². The van der Waals surface area contributed by atoms with E-state index in [-0.39, 0.29) is 70.7 Å². The first-order valence-electron chi connectivity index (χ1n) is 0. The summed E-state index contributed by atoms with van der Waals surface area (Å²) >= 11 is 0. The van der Waals surface area contributed by atoms with E-state index < -0.39 is 0 Å². The third-order valence-corrected chi connectivity index (χ3v) is 0. The summed E-state index contributed by atoms with van der Waals surface area (Å²) in [5.74, 6) is 0. The van der Waals surface area contributed by atoms with Gasteiger partial charge in [0.1, 0.15) is 0 Å². The van der Waals surface area contributed by atoms with E-state index >= 15 is 0 Å². The first kappa shape index (κ1) is 68.6. The van der Waals surface area contributed by atoms with Gasteiger partial charge in [0.2, 0.25) is 0 Å². The van der Waals surface area contributed by atoms with E-state index in [1.165, 1.54) is 0 Å². The molecule has 0 unspecified atom stereocenters. The minimum atomic E-state index is 0. The van der Waals surface area contributed by atoms with E-state index in [0.717, 1.165) is 0 Å². The van der Waals surface area contributed by atoms with Gasteiger partial charge >= 0.3 is 21.1 Å². The molecular weight excluding hydrogens is 337 g/mol. The first-order chi connectivity index (χ1) is 0. The van der Waals surface area contributed by atoms with E-state index in [1.54, 1.807) is 0 Å². The Kier molecular flexibility index (Phi) is 552. The summed E-state index contributed by atoms with van der Waals surface area (Å²) < 4.78 is 0. The van der Waals surface area contributed by atoms with Crippen molar-refractivity contribution in [1.82, 2.24) is 0 Å². The van der Waals surface area contributed by atoms with Gasteiger partial charge in [-0.3, -0.25) is 0 Å². The summed E-state index contributed by atoms with van der Waals surface area (Å²) in [4.78, 5) is 0. The van der Waals surface area contributed by atoms with Crippen LogP contribution in [0, 0.1) is 0 Å². The Bertz CT molecular complexity index is 3.61. The second kappa shape index (κ2) is 40.2. The average molecular weight is 341 g/mol. The maximum atomic E-state index is 0. The summed E-state index contributed by atoms with van der Waals surface area (Å²) in [6.45, 7) is 0. The van der Waals surface area contributed by atoms with E-state index in [2.05, 4.69) is 0 Å². The van der Waals surface area contributed by atoms with Crippen molar-refractivity contribution in [2.45, 2.75) is 0 Å². The van der Waals surface area contributed by atoms with Crippen molar-refractivity contribution in [2.75, 3.05) is 0 Å². The molecule has 0 amide bonds. The van der Waals surface area contributed by atoms with Crippen LogP contribution in [0.15, 0.2) is 0 Å². The molecule has 0 aliphatic carbocycles. The summed E-state index contributed by atoms with van der Waals surface area (Å²) in [5, 5.41) is 0. The molecule has 0 nitrogen and oxygen atoms in total. The van der Waals surface area contributed by atoms with Crippen LogP contribution >= 0.6 is 49.6 Å². The maximum Gasteiger partial charge on any atom is 2.00 e. The summed E-state index contributed by atoms with van der Waals surface area (Å²) in [6.07, 6.45) is 0. The van der Waals surface area contributed by atoms with Gasteiger partial charge in [-0.05, 0) is 0 Å². The Balaban J connectivity index is 0. The Morgan fingerprint density at radius 2 is 0.400 bits per heavy atom. The molecule has 0 aliphatic rings. The molecule has 0 aliphatic heterocycles. The predicted octanol–water partition coefficient (Wildman–Crippen LogP) is 1.68. The van der Waals surface area contributed by atoms with Crippen LogP contribution < -0.4 is 0 Å². The third-order valence-electron chi connectivity index (χ3n) is 0. The zero-order valence-electron chi connectivity index (χ0n) is 1.95. The summed E-state index contributed by atoms with van der Waals surface area (Å²) in [7, 11) is 0. The molecule has 0 saturated heterocycles. The fourth-order valence-corrected chi connectivity index (χ4v) is 0. The number of halogens is 4. The van der Waals surface area contributed by atoms with Crippen LogP contribution in [0.4, 0.5) is 0 Å². The van der Waals surface area contributed by atoms with E-state index in [4.69, 9.17) is 0 Å². The quantitative estimate of drug-likeness (QED) is 0.629. The third kappa shape index (κ3) is 25.4. The second-order valence-electron chi connectivity index (χ2n) is 0. The van der Waals surface area contributed by atoms with Gasteiger partial charge in [0.25, 0.3) is 0 Å². The number of hydrogen-bond acceptors (Lipinski definition) is 0. The molecule has 0 aromatic rings. The van der Waals surface area contributed by atoms with Crippen LogP contribution in [0.2, 0.25) is 0 Å². The first-order valence-corrected chi connectivity index (χ1v) is 0. The van der Waals surface area contributed by atoms with Crippen LogP contribution in [0.3, 0.4) is 0 Å². The minimum absolute atomic E-state index is 0. The van der Waals surface area contributed by atoms with E-state index in [0.29, 0.717) is 0 Å². The van der Waals surface area contributed by atoms with Gasteiger partial charge < -0.3 is 0 Å². The minimum Gasteiger partial charge on any atom is -0.147 e. The van der Waals surface area contributed by atoms with Crippen molar-refractivity contribution in [3.05, 3.63) is 0 Å². The van der Waals surface area contributed by atoms with Gasteiger partial charge in [0.15, 0.2) is 0 Å². The fourth-order valence-electron chi connectivity index (χ4n) is 0. The van der Waals surface area contributed by atoms with Crippen molar-refractivity contribution in [2.24, 2.45) is 0 Å². The summed E-state index contributed by atoms with van der Waals surface area (Å²) in [6, 6.07) is 0. The molecule has 0 rings (SSSR count). The molecule has 0 aromatic heterocycles.